The summed E-state index contributed by atoms with van der Waals surface area (Å²) >= 11 is 0. The first-order valence-corrected chi connectivity index (χ1v) is 8.89. The van der Waals surface area contributed by atoms with Gasteiger partial charge in [-0.2, -0.15) is 0 Å². The molecule has 0 amide bonds. The van der Waals surface area contributed by atoms with Crippen LogP contribution in [0.1, 0.15) is 19.4 Å². The Labute approximate surface area is 127 Å². The zero-order chi connectivity index (χ0) is 15.6. The molecule has 1 fully saturated rings. The molecule has 0 saturated carbocycles. The maximum absolute atomic E-state index is 12.6. The molecule has 0 bridgehead atoms. The van der Waals surface area contributed by atoms with Crippen LogP contribution in [0.5, 0.6) is 0 Å². The van der Waals surface area contributed by atoms with E-state index in [-0.39, 0.29) is 11.9 Å². The number of nitrogens with two attached hydrogens (primary N) is 1. The number of sulfone groups is 1. The smallest absolute Gasteiger partial charge is 0.181 e. The van der Waals surface area contributed by atoms with Crippen LogP contribution in [-0.4, -0.2) is 50.9 Å². The van der Waals surface area contributed by atoms with Gasteiger partial charge >= 0.3 is 0 Å². The molecule has 0 radical (unpaired) electrons. The molecule has 21 heavy (non-hydrogen) atoms. The largest absolute Gasteiger partial charge is 0.399 e. The predicted octanol–water partition coefficient (Wildman–Crippen LogP) is 1.46. The number of rotatable bonds is 4. The SMILES string of the molecule is Cc1cc(N)ccc1S(=O)(=O)CC1CN(C(C)C)CCO1. The quantitative estimate of drug-likeness (QED) is 0.852. The van der Waals surface area contributed by atoms with E-state index in [0.29, 0.717) is 35.3 Å². The van der Waals surface area contributed by atoms with Crippen molar-refractivity contribution in [3.63, 3.8) is 0 Å². The molecule has 118 valence electrons. The third kappa shape index (κ3) is 3.96. The van der Waals surface area contributed by atoms with E-state index in [1.54, 1.807) is 25.1 Å². The third-order valence-electron chi connectivity index (χ3n) is 3.84. The van der Waals surface area contributed by atoms with Gasteiger partial charge in [-0.15, -0.1) is 0 Å². The molecule has 2 N–H and O–H groups in total. The van der Waals surface area contributed by atoms with Gasteiger partial charge in [0, 0.05) is 24.8 Å². The minimum atomic E-state index is -3.36. The molecule has 5 nitrogen and oxygen atoms in total. The van der Waals surface area contributed by atoms with Crippen molar-refractivity contribution in [1.82, 2.24) is 4.90 Å². The number of hydrogen-bond donors (Lipinski definition) is 1. The highest BCUT2D eigenvalue weighted by molar-refractivity contribution is 7.91. The summed E-state index contributed by atoms with van der Waals surface area (Å²) in [7, 11) is -3.36. The number of hydrogen-bond acceptors (Lipinski definition) is 5. The van der Waals surface area contributed by atoms with Gasteiger partial charge in [0.15, 0.2) is 9.84 Å². The molecule has 1 aromatic rings. The topological polar surface area (TPSA) is 72.6 Å². The predicted molar refractivity (Wildman–Crippen MR) is 84.1 cm³/mol. The fraction of sp³-hybridized carbons (Fsp3) is 0.600. The van der Waals surface area contributed by atoms with Crippen LogP contribution in [0.2, 0.25) is 0 Å². The van der Waals surface area contributed by atoms with Crippen LogP contribution < -0.4 is 5.73 Å². The van der Waals surface area contributed by atoms with E-state index in [0.717, 1.165) is 6.54 Å². The summed E-state index contributed by atoms with van der Waals surface area (Å²) < 4.78 is 30.8. The monoisotopic (exact) mass is 312 g/mol. The Bertz CT molecular complexity index is 599. The second-order valence-corrected chi connectivity index (χ2v) is 7.89. The molecule has 1 aromatic carbocycles. The minimum absolute atomic E-state index is 0.0149. The van der Waals surface area contributed by atoms with Gasteiger partial charge in [0.05, 0.1) is 23.4 Å². The highest BCUT2D eigenvalue weighted by Gasteiger charge is 2.28. The number of nitrogen functional groups attached to an aromatic ring is 1. The van der Waals surface area contributed by atoms with Gasteiger partial charge in [0.2, 0.25) is 0 Å². The van der Waals surface area contributed by atoms with Crippen molar-refractivity contribution in [2.75, 3.05) is 31.2 Å². The van der Waals surface area contributed by atoms with Crippen molar-refractivity contribution in [1.29, 1.82) is 0 Å². The Morgan fingerprint density at radius 2 is 2.14 bits per heavy atom. The van der Waals surface area contributed by atoms with Crippen LogP contribution in [0.15, 0.2) is 23.1 Å². The van der Waals surface area contributed by atoms with Crippen molar-refractivity contribution in [2.24, 2.45) is 0 Å². The van der Waals surface area contributed by atoms with E-state index in [2.05, 4.69) is 18.7 Å². The molecular formula is C15H24N2O3S. The Balaban J connectivity index is 2.14. The molecule has 1 aliphatic rings. The molecular weight excluding hydrogens is 288 g/mol. The molecule has 0 spiro atoms. The first kappa shape index (κ1) is 16.3. The summed E-state index contributed by atoms with van der Waals surface area (Å²) in [4.78, 5) is 2.60. The van der Waals surface area contributed by atoms with Crippen LogP contribution in [0, 0.1) is 6.92 Å². The van der Waals surface area contributed by atoms with Gasteiger partial charge < -0.3 is 10.5 Å². The van der Waals surface area contributed by atoms with E-state index in [9.17, 15) is 8.42 Å². The van der Waals surface area contributed by atoms with Crippen molar-refractivity contribution in [3.8, 4) is 0 Å². The lowest BCUT2D eigenvalue weighted by Gasteiger charge is -2.35. The second-order valence-electron chi connectivity index (χ2n) is 5.89. The second kappa shape index (κ2) is 6.34. The summed E-state index contributed by atoms with van der Waals surface area (Å²) in [5, 5.41) is 0. The van der Waals surface area contributed by atoms with Crippen LogP contribution in [0.25, 0.3) is 0 Å². The number of morpholine rings is 1. The maximum atomic E-state index is 12.6. The average Bonchev–Trinajstić information content (AvgIpc) is 2.37. The molecule has 2 rings (SSSR count). The third-order valence-corrected chi connectivity index (χ3v) is 5.78. The first-order chi connectivity index (χ1) is 9.79. The van der Waals surface area contributed by atoms with Gasteiger partial charge in [-0.3, -0.25) is 4.90 Å². The highest BCUT2D eigenvalue weighted by Crippen LogP contribution is 2.21. The lowest BCUT2D eigenvalue weighted by molar-refractivity contribution is -0.0272. The summed E-state index contributed by atoms with van der Waals surface area (Å²) in [6.07, 6.45) is -0.275. The summed E-state index contributed by atoms with van der Waals surface area (Å²) in [5.41, 5.74) is 6.94. The summed E-state index contributed by atoms with van der Waals surface area (Å²) in [6, 6.07) is 5.30. The molecule has 0 aromatic heterocycles. The average molecular weight is 312 g/mol. The molecule has 1 aliphatic heterocycles. The zero-order valence-corrected chi connectivity index (χ0v) is 13.7. The minimum Gasteiger partial charge on any atom is -0.399 e. The van der Waals surface area contributed by atoms with Gasteiger partial charge in [-0.1, -0.05) is 0 Å². The Morgan fingerprint density at radius 1 is 1.43 bits per heavy atom. The molecule has 0 aliphatic carbocycles. The van der Waals surface area contributed by atoms with Crippen LogP contribution >= 0.6 is 0 Å². The van der Waals surface area contributed by atoms with Crippen molar-refractivity contribution < 1.29 is 13.2 Å². The summed E-state index contributed by atoms with van der Waals surface area (Å²) in [6.45, 7) is 8.09. The van der Waals surface area contributed by atoms with E-state index in [1.807, 2.05) is 0 Å². The Morgan fingerprint density at radius 3 is 2.76 bits per heavy atom. The number of ether oxygens (including phenoxy) is 1. The maximum Gasteiger partial charge on any atom is 0.181 e. The van der Waals surface area contributed by atoms with Gasteiger partial charge in [0.25, 0.3) is 0 Å². The fourth-order valence-corrected chi connectivity index (χ4v) is 4.36. The van der Waals surface area contributed by atoms with Crippen molar-refractivity contribution in [3.05, 3.63) is 23.8 Å². The van der Waals surface area contributed by atoms with Gasteiger partial charge in [0.1, 0.15) is 0 Å². The lowest BCUT2D eigenvalue weighted by Crippen LogP contribution is -2.48. The number of benzene rings is 1. The van der Waals surface area contributed by atoms with Crippen molar-refractivity contribution in [2.45, 2.75) is 37.8 Å². The lowest BCUT2D eigenvalue weighted by atomic mass is 10.2. The number of aryl methyl sites for hydroxylation is 1. The Hall–Kier alpha value is -1.11. The van der Waals surface area contributed by atoms with Crippen LogP contribution in [0.3, 0.4) is 0 Å². The van der Waals surface area contributed by atoms with Crippen LogP contribution in [0.4, 0.5) is 5.69 Å². The normalized spacial score (nSPS) is 20.9. The van der Waals surface area contributed by atoms with E-state index in [4.69, 9.17) is 10.5 Å². The number of nitrogens with zero attached hydrogens (tertiary/aromatic N) is 1. The van der Waals surface area contributed by atoms with E-state index < -0.39 is 9.84 Å². The van der Waals surface area contributed by atoms with Gasteiger partial charge in [-0.25, -0.2) is 8.42 Å². The first-order valence-electron chi connectivity index (χ1n) is 7.24. The summed E-state index contributed by atoms with van der Waals surface area (Å²) in [5.74, 6) is 0.0149. The van der Waals surface area contributed by atoms with Crippen LogP contribution in [-0.2, 0) is 14.6 Å². The fourth-order valence-electron chi connectivity index (χ4n) is 2.67. The standard InChI is InChI=1S/C15H24N2O3S/c1-11(2)17-6-7-20-14(9-17)10-21(18,19)15-5-4-13(16)8-12(15)3/h4-5,8,11,14H,6-7,9-10,16H2,1-3H3. The molecule has 1 saturated heterocycles. The molecule has 1 atom stereocenters. The van der Waals surface area contributed by atoms with E-state index >= 15 is 0 Å². The Kier molecular flexibility index (Phi) is 4.91. The molecule has 1 heterocycles. The van der Waals surface area contributed by atoms with E-state index in [1.165, 1.54) is 0 Å². The highest BCUT2D eigenvalue weighted by atomic mass is 32.2. The van der Waals surface area contributed by atoms with Gasteiger partial charge in [-0.05, 0) is 44.5 Å². The zero-order valence-electron chi connectivity index (χ0n) is 12.9. The molecule has 6 heteroatoms. The molecule has 1 unspecified atom stereocenters. The number of anilines is 1. The van der Waals surface area contributed by atoms with Crippen molar-refractivity contribution >= 4 is 15.5 Å².